The second-order valence-electron chi connectivity index (χ2n) is 9.22. The molecular formula is C28H21ClN4O5S2. The number of amides is 3. The van der Waals surface area contributed by atoms with E-state index in [-0.39, 0.29) is 23.2 Å². The van der Waals surface area contributed by atoms with Crippen molar-refractivity contribution in [2.45, 2.75) is 22.7 Å². The number of halogens is 1. The van der Waals surface area contributed by atoms with Crippen LogP contribution < -0.4 is 19.8 Å². The van der Waals surface area contributed by atoms with Crippen molar-refractivity contribution in [1.29, 1.82) is 0 Å². The molecule has 2 aliphatic heterocycles. The molecule has 0 unspecified atom stereocenters. The van der Waals surface area contributed by atoms with Crippen LogP contribution in [0.3, 0.4) is 0 Å². The van der Waals surface area contributed by atoms with E-state index in [2.05, 4.69) is 10.3 Å². The zero-order chi connectivity index (χ0) is 28.0. The minimum Gasteiger partial charge on any atom is -0.497 e. The molecule has 4 heterocycles. The highest BCUT2D eigenvalue weighted by molar-refractivity contribution is 8.00. The summed E-state index contributed by atoms with van der Waals surface area (Å²) in [6, 6.07) is 17.0. The lowest BCUT2D eigenvalue weighted by molar-refractivity contribution is -0.122. The summed E-state index contributed by atoms with van der Waals surface area (Å²) in [5.74, 6) is -1.84. The molecule has 0 bridgehead atoms. The number of carbonyl (C=O) groups is 3. The first-order chi connectivity index (χ1) is 19.4. The Bertz CT molecular complexity index is 1670. The monoisotopic (exact) mass is 592 g/mol. The first-order valence-electron chi connectivity index (χ1n) is 12.2. The van der Waals surface area contributed by atoms with Crippen LogP contribution >= 0.6 is 34.7 Å². The van der Waals surface area contributed by atoms with Crippen molar-refractivity contribution in [2.24, 2.45) is 5.92 Å². The van der Waals surface area contributed by atoms with Gasteiger partial charge in [0.2, 0.25) is 17.7 Å². The molecule has 2 aliphatic rings. The van der Waals surface area contributed by atoms with E-state index in [1.54, 1.807) is 74.1 Å². The van der Waals surface area contributed by atoms with Crippen molar-refractivity contribution in [2.75, 3.05) is 17.3 Å². The number of rotatable bonds is 6. The molecule has 9 nitrogen and oxygen atoms in total. The fourth-order valence-electron chi connectivity index (χ4n) is 5.04. The average Bonchev–Trinajstić information content (AvgIpc) is 3.41. The molecule has 1 fully saturated rings. The molecule has 3 atom stereocenters. The molecular weight excluding hydrogens is 572 g/mol. The van der Waals surface area contributed by atoms with Gasteiger partial charge in [-0.3, -0.25) is 28.7 Å². The van der Waals surface area contributed by atoms with E-state index in [0.717, 1.165) is 28.7 Å². The topological polar surface area (TPSA) is 111 Å². The number of ether oxygens (including phenoxy) is 1. The highest BCUT2D eigenvalue weighted by Crippen LogP contribution is 2.53. The molecule has 0 spiro atoms. The first-order valence-corrected chi connectivity index (χ1v) is 14.3. The Morgan fingerprint density at radius 1 is 1.05 bits per heavy atom. The van der Waals surface area contributed by atoms with Gasteiger partial charge in [0, 0.05) is 33.9 Å². The van der Waals surface area contributed by atoms with Gasteiger partial charge in [0.15, 0.2) is 0 Å². The fourth-order valence-corrected chi connectivity index (χ4v) is 7.94. The molecule has 202 valence electrons. The summed E-state index contributed by atoms with van der Waals surface area (Å²) in [5, 5.41) is 3.03. The van der Waals surface area contributed by atoms with E-state index in [1.807, 2.05) is 6.07 Å². The second kappa shape index (κ2) is 10.6. The Hall–Kier alpha value is -3.93. The first kappa shape index (κ1) is 26.3. The van der Waals surface area contributed by atoms with Gasteiger partial charge in [-0.2, -0.15) is 0 Å². The summed E-state index contributed by atoms with van der Waals surface area (Å²) >= 11 is 8.08. The minimum absolute atomic E-state index is 0.248. The van der Waals surface area contributed by atoms with E-state index in [1.165, 1.54) is 9.47 Å². The van der Waals surface area contributed by atoms with Crippen LogP contribution in [0, 0.1) is 5.92 Å². The number of nitrogens with one attached hydrogen (secondary N) is 1. The smallest absolute Gasteiger partial charge is 0.308 e. The molecule has 2 aromatic heterocycles. The van der Waals surface area contributed by atoms with Gasteiger partial charge in [-0.05, 0) is 60.2 Å². The van der Waals surface area contributed by atoms with Gasteiger partial charge in [0.1, 0.15) is 17.5 Å². The van der Waals surface area contributed by atoms with Crippen molar-refractivity contribution in [3.8, 4) is 5.75 Å². The number of nitrogens with zero attached hydrogens (tertiary/aromatic N) is 3. The predicted molar refractivity (Wildman–Crippen MR) is 153 cm³/mol. The maximum atomic E-state index is 13.9. The van der Waals surface area contributed by atoms with Gasteiger partial charge >= 0.3 is 4.87 Å². The molecule has 6 rings (SSSR count). The van der Waals surface area contributed by atoms with Crippen LogP contribution in [0.25, 0.3) is 0 Å². The Morgan fingerprint density at radius 2 is 1.80 bits per heavy atom. The van der Waals surface area contributed by atoms with Crippen molar-refractivity contribution in [3.05, 3.63) is 98.2 Å². The standard InChI is InChI=1S/C28H21ClN4O5S2/c1-38-19-10-8-18(9-11-19)33-25(35)22-21(15-3-2-12-30-13-15)24-27(39-23(22)26(33)36)32(28(37)40-24)14-20(34)31-17-6-4-16(29)5-7-17/h2-13,21-23H,14H2,1H3,(H,31,34)/t21-,22-,23+/m0/s1. The lowest BCUT2D eigenvalue weighted by Crippen LogP contribution is -2.33. The number of hydrogen-bond donors (Lipinski definition) is 1. The molecule has 40 heavy (non-hydrogen) atoms. The number of methoxy groups -OCH3 is 1. The van der Waals surface area contributed by atoms with Gasteiger partial charge in [0.25, 0.3) is 0 Å². The zero-order valence-electron chi connectivity index (χ0n) is 20.9. The highest BCUT2D eigenvalue weighted by Gasteiger charge is 2.56. The van der Waals surface area contributed by atoms with Crippen molar-refractivity contribution in [1.82, 2.24) is 9.55 Å². The van der Waals surface area contributed by atoms with Crippen LogP contribution in [-0.2, 0) is 20.9 Å². The van der Waals surface area contributed by atoms with E-state index >= 15 is 0 Å². The van der Waals surface area contributed by atoms with Crippen molar-refractivity contribution in [3.63, 3.8) is 0 Å². The number of imide groups is 1. The number of hydrogen-bond acceptors (Lipinski definition) is 8. The fraction of sp³-hybridized carbons (Fsp3) is 0.179. The third-order valence-electron chi connectivity index (χ3n) is 6.85. The summed E-state index contributed by atoms with van der Waals surface area (Å²) in [5.41, 5.74) is 1.70. The third-order valence-corrected chi connectivity index (χ3v) is 9.71. The van der Waals surface area contributed by atoms with Gasteiger partial charge in [0.05, 0.1) is 23.7 Å². The van der Waals surface area contributed by atoms with Gasteiger partial charge in [-0.25, -0.2) is 4.90 Å². The number of fused-ring (bicyclic) bond motifs is 2. The number of anilines is 2. The molecule has 3 amide bonds. The number of thiazole rings is 1. The third kappa shape index (κ3) is 4.59. The molecule has 12 heteroatoms. The van der Waals surface area contributed by atoms with Crippen LogP contribution in [-0.4, -0.2) is 39.6 Å². The van der Waals surface area contributed by atoms with Gasteiger partial charge in [-0.15, -0.1) is 0 Å². The van der Waals surface area contributed by atoms with E-state index in [4.69, 9.17) is 16.3 Å². The lowest BCUT2D eigenvalue weighted by atomic mass is 9.84. The number of benzene rings is 2. The summed E-state index contributed by atoms with van der Waals surface area (Å²) in [6.45, 7) is -0.248. The largest absolute Gasteiger partial charge is 0.497 e. The number of thioether (sulfide) groups is 1. The summed E-state index contributed by atoms with van der Waals surface area (Å²) in [7, 11) is 1.54. The summed E-state index contributed by atoms with van der Waals surface area (Å²) in [4.78, 5) is 59.5. The van der Waals surface area contributed by atoms with Crippen LogP contribution in [0.2, 0.25) is 5.02 Å². The normalized spacial score (nSPS) is 19.8. The molecule has 0 aliphatic carbocycles. The van der Waals surface area contributed by atoms with E-state index in [0.29, 0.717) is 32.1 Å². The molecule has 1 N–H and O–H groups in total. The van der Waals surface area contributed by atoms with Crippen molar-refractivity contribution >= 4 is 63.8 Å². The van der Waals surface area contributed by atoms with Crippen LogP contribution in [0.15, 0.2) is 82.9 Å². The predicted octanol–water partition coefficient (Wildman–Crippen LogP) is 4.40. The van der Waals surface area contributed by atoms with E-state index in [9.17, 15) is 19.2 Å². The number of aromatic nitrogens is 2. The Balaban J connectivity index is 1.38. The van der Waals surface area contributed by atoms with E-state index < -0.39 is 23.0 Å². The van der Waals surface area contributed by atoms with Gasteiger partial charge < -0.3 is 10.1 Å². The van der Waals surface area contributed by atoms with Gasteiger partial charge in [-0.1, -0.05) is 40.8 Å². The quantitative estimate of drug-likeness (QED) is 0.330. The molecule has 1 saturated heterocycles. The molecule has 2 aromatic carbocycles. The number of pyridine rings is 1. The summed E-state index contributed by atoms with van der Waals surface area (Å²) in [6.07, 6.45) is 3.27. The Kier molecular flexibility index (Phi) is 6.95. The highest BCUT2D eigenvalue weighted by atomic mass is 35.5. The van der Waals surface area contributed by atoms with Crippen LogP contribution in [0.4, 0.5) is 11.4 Å². The van der Waals surface area contributed by atoms with Crippen LogP contribution in [0.5, 0.6) is 5.75 Å². The Morgan fingerprint density at radius 3 is 2.48 bits per heavy atom. The summed E-state index contributed by atoms with van der Waals surface area (Å²) < 4.78 is 6.59. The Labute approximate surface area is 241 Å². The second-order valence-corrected chi connectivity index (χ2v) is 11.8. The molecule has 0 saturated carbocycles. The molecule has 4 aromatic rings. The SMILES string of the molecule is COc1ccc(N2C(=O)[C@H]3[C@H](c4cccnc4)c4sc(=O)n(CC(=O)Nc5ccc(Cl)cc5)c4S[C@H]3C2=O)cc1. The van der Waals surface area contributed by atoms with Crippen LogP contribution in [0.1, 0.15) is 16.4 Å². The maximum absolute atomic E-state index is 13.9. The minimum atomic E-state index is -0.785. The van der Waals surface area contributed by atoms with Crippen molar-refractivity contribution < 1.29 is 19.1 Å². The zero-order valence-corrected chi connectivity index (χ0v) is 23.3. The lowest BCUT2D eigenvalue weighted by Gasteiger charge is -2.30. The molecule has 0 radical (unpaired) electrons. The maximum Gasteiger partial charge on any atom is 0.308 e. The average molecular weight is 593 g/mol. The number of carbonyl (C=O) groups excluding carboxylic acids is 3.